The van der Waals surface area contributed by atoms with Gasteiger partial charge in [-0.05, 0) is 84.6 Å². The quantitative estimate of drug-likeness (QED) is 0.415. The molecule has 0 aromatic heterocycles. The molecule has 2 saturated carbocycles. The third-order valence-electron chi connectivity index (χ3n) is 7.57. The molecule has 0 nitrogen and oxygen atoms in total. The van der Waals surface area contributed by atoms with E-state index in [2.05, 4.69) is 31.2 Å². The molecule has 156 valence electrons. The second-order valence-electron chi connectivity index (χ2n) is 9.46. The molecule has 2 aliphatic rings. The Labute approximate surface area is 180 Å². The zero-order valence-electron chi connectivity index (χ0n) is 17.7. The van der Waals surface area contributed by atoms with Crippen LogP contribution in [0.4, 0.5) is 4.39 Å². The summed E-state index contributed by atoms with van der Waals surface area (Å²) in [6, 6.07) is 13.9. The molecule has 0 N–H and O–H groups in total. The van der Waals surface area contributed by atoms with Gasteiger partial charge in [0.2, 0.25) is 0 Å². The van der Waals surface area contributed by atoms with Gasteiger partial charge in [-0.2, -0.15) is 0 Å². The number of fused-ring (bicyclic) bond motifs is 1. The maximum absolute atomic E-state index is 13.8. The molecule has 4 atom stereocenters. The lowest BCUT2D eigenvalue weighted by molar-refractivity contribution is 0.113. The van der Waals surface area contributed by atoms with Gasteiger partial charge >= 0.3 is 0 Å². The molecule has 2 aromatic carbocycles. The first-order valence-corrected chi connectivity index (χ1v) is 12.1. The van der Waals surface area contributed by atoms with Crippen molar-refractivity contribution in [2.24, 2.45) is 17.8 Å². The van der Waals surface area contributed by atoms with Crippen molar-refractivity contribution >= 4 is 11.6 Å². The highest BCUT2D eigenvalue weighted by molar-refractivity contribution is 6.30. The van der Waals surface area contributed by atoms with E-state index in [4.69, 9.17) is 11.6 Å². The van der Waals surface area contributed by atoms with Crippen molar-refractivity contribution in [1.29, 1.82) is 0 Å². The van der Waals surface area contributed by atoms with Crippen LogP contribution in [0.25, 0.3) is 11.1 Å². The minimum atomic E-state index is -0.350. The molecular formula is C27H34ClF. The summed E-state index contributed by atoms with van der Waals surface area (Å²) < 4.78 is 13.8. The van der Waals surface area contributed by atoms with E-state index in [0.29, 0.717) is 5.92 Å². The lowest BCUT2D eigenvalue weighted by Crippen LogP contribution is -2.30. The van der Waals surface area contributed by atoms with Crippen molar-refractivity contribution in [2.75, 3.05) is 0 Å². The van der Waals surface area contributed by atoms with E-state index in [0.717, 1.165) is 28.9 Å². The molecule has 29 heavy (non-hydrogen) atoms. The number of hydrogen-bond donors (Lipinski definition) is 0. The first-order valence-electron chi connectivity index (χ1n) is 11.7. The molecule has 2 fully saturated rings. The highest BCUT2D eigenvalue weighted by Gasteiger charge is 2.35. The number of unbranched alkanes of at least 4 members (excludes halogenated alkanes) is 2. The van der Waals surface area contributed by atoms with Crippen molar-refractivity contribution < 1.29 is 4.39 Å². The Morgan fingerprint density at radius 1 is 0.862 bits per heavy atom. The summed E-state index contributed by atoms with van der Waals surface area (Å²) in [5, 5.41) is 0.183. The summed E-state index contributed by atoms with van der Waals surface area (Å²) in [7, 11) is 0. The highest BCUT2D eigenvalue weighted by Crippen LogP contribution is 2.48. The van der Waals surface area contributed by atoms with Gasteiger partial charge in [0, 0.05) is 0 Å². The largest absolute Gasteiger partial charge is 0.205 e. The predicted octanol–water partition coefficient (Wildman–Crippen LogP) is 9.03. The predicted molar refractivity (Wildman–Crippen MR) is 122 cm³/mol. The molecule has 0 heterocycles. The van der Waals surface area contributed by atoms with Gasteiger partial charge in [-0.1, -0.05) is 81.0 Å². The Morgan fingerprint density at radius 2 is 1.59 bits per heavy atom. The summed E-state index contributed by atoms with van der Waals surface area (Å²) in [6.07, 6.45) is 14.1. The zero-order valence-corrected chi connectivity index (χ0v) is 18.4. The van der Waals surface area contributed by atoms with E-state index >= 15 is 0 Å². The van der Waals surface area contributed by atoms with Gasteiger partial charge in [0.25, 0.3) is 0 Å². The summed E-state index contributed by atoms with van der Waals surface area (Å²) in [5.74, 6) is 3.25. The van der Waals surface area contributed by atoms with Crippen LogP contribution < -0.4 is 0 Å². The lowest BCUT2D eigenvalue weighted by Gasteiger charge is -2.42. The third kappa shape index (κ3) is 5.05. The van der Waals surface area contributed by atoms with Crippen LogP contribution in [0.1, 0.15) is 82.6 Å². The maximum Gasteiger partial charge on any atom is 0.142 e. The van der Waals surface area contributed by atoms with E-state index in [1.54, 1.807) is 6.07 Å². The Kier molecular flexibility index (Phi) is 6.96. The zero-order chi connectivity index (χ0) is 20.2. The first kappa shape index (κ1) is 20.9. The van der Waals surface area contributed by atoms with E-state index in [-0.39, 0.29) is 10.8 Å². The van der Waals surface area contributed by atoms with Gasteiger partial charge in [0.15, 0.2) is 0 Å². The molecule has 1 unspecified atom stereocenters. The molecular weight excluding hydrogens is 379 g/mol. The van der Waals surface area contributed by atoms with Crippen LogP contribution in [0, 0.1) is 23.6 Å². The van der Waals surface area contributed by atoms with Crippen molar-refractivity contribution in [1.82, 2.24) is 0 Å². The smallest absolute Gasteiger partial charge is 0.142 e. The normalized spacial score (nSPS) is 26.9. The van der Waals surface area contributed by atoms with Gasteiger partial charge in [-0.3, -0.25) is 0 Å². The molecule has 0 bridgehead atoms. The van der Waals surface area contributed by atoms with Crippen LogP contribution in [0.3, 0.4) is 0 Å². The van der Waals surface area contributed by atoms with Gasteiger partial charge in [0.1, 0.15) is 5.82 Å². The molecule has 0 saturated heterocycles. The molecule has 0 aliphatic heterocycles. The molecule has 2 aromatic rings. The van der Waals surface area contributed by atoms with Crippen LogP contribution in [-0.2, 0) is 0 Å². The van der Waals surface area contributed by atoms with Crippen LogP contribution in [0.5, 0.6) is 0 Å². The number of rotatable bonds is 6. The van der Waals surface area contributed by atoms with Crippen LogP contribution in [0.15, 0.2) is 42.5 Å². The Hall–Kier alpha value is -1.34. The van der Waals surface area contributed by atoms with E-state index in [1.165, 1.54) is 75.8 Å². The minimum Gasteiger partial charge on any atom is -0.205 e. The van der Waals surface area contributed by atoms with Crippen molar-refractivity contribution in [2.45, 2.75) is 77.0 Å². The Morgan fingerprint density at radius 3 is 2.34 bits per heavy atom. The standard InChI is InChI=1S/C27H34ClF/c1-2-3-4-5-19-6-7-24-17-23(13-12-22(24)16-19)20-8-10-21(11-9-20)25-14-15-26(28)27(29)18-25/h8-11,14-15,18-19,22-24H,2-7,12-13,16-17H2,1H3/t19?,22-,23-,24-/m1/s1. The molecule has 2 aliphatic carbocycles. The molecule has 0 amide bonds. The van der Waals surface area contributed by atoms with Gasteiger partial charge in [-0.15, -0.1) is 0 Å². The van der Waals surface area contributed by atoms with Gasteiger partial charge in [-0.25, -0.2) is 4.39 Å². The summed E-state index contributed by atoms with van der Waals surface area (Å²) >= 11 is 5.82. The second kappa shape index (κ2) is 9.65. The van der Waals surface area contributed by atoms with E-state index in [9.17, 15) is 4.39 Å². The van der Waals surface area contributed by atoms with E-state index < -0.39 is 0 Å². The average molecular weight is 413 g/mol. The van der Waals surface area contributed by atoms with Crippen molar-refractivity contribution in [3.63, 3.8) is 0 Å². The fourth-order valence-electron chi connectivity index (χ4n) is 5.86. The second-order valence-corrected chi connectivity index (χ2v) is 9.86. The fraction of sp³-hybridized carbons (Fsp3) is 0.556. The van der Waals surface area contributed by atoms with Crippen LogP contribution in [-0.4, -0.2) is 0 Å². The van der Waals surface area contributed by atoms with Crippen molar-refractivity contribution in [3.05, 3.63) is 58.9 Å². The molecule has 2 heteroatoms. The Bertz CT molecular complexity index is 797. The first-order chi connectivity index (χ1) is 14.1. The number of halogens is 2. The van der Waals surface area contributed by atoms with Gasteiger partial charge < -0.3 is 0 Å². The summed E-state index contributed by atoms with van der Waals surface area (Å²) in [4.78, 5) is 0. The summed E-state index contributed by atoms with van der Waals surface area (Å²) in [5.41, 5.74) is 3.42. The van der Waals surface area contributed by atoms with E-state index in [1.807, 2.05) is 6.07 Å². The van der Waals surface area contributed by atoms with Crippen LogP contribution in [0.2, 0.25) is 5.02 Å². The third-order valence-corrected chi connectivity index (χ3v) is 7.88. The molecule has 4 rings (SSSR count). The monoisotopic (exact) mass is 412 g/mol. The molecule has 0 radical (unpaired) electrons. The highest BCUT2D eigenvalue weighted by atomic mass is 35.5. The number of hydrogen-bond acceptors (Lipinski definition) is 0. The lowest BCUT2D eigenvalue weighted by atomic mass is 9.63. The number of benzene rings is 2. The van der Waals surface area contributed by atoms with Gasteiger partial charge in [0.05, 0.1) is 5.02 Å². The molecule has 0 spiro atoms. The van der Waals surface area contributed by atoms with Crippen LogP contribution >= 0.6 is 11.6 Å². The average Bonchev–Trinajstić information content (AvgIpc) is 2.75. The topological polar surface area (TPSA) is 0 Å². The minimum absolute atomic E-state index is 0.183. The SMILES string of the molecule is CCCCCC1CC[C@@H]2C[C@H](c3ccc(-c4ccc(Cl)c(F)c4)cc3)CC[C@@H]2C1. The fourth-order valence-corrected chi connectivity index (χ4v) is 5.98. The maximum atomic E-state index is 13.8. The Balaban J connectivity index is 1.35. The summed E-state index contributed by atoms with van der Waals surface area (Å²) in [6.45, 7) is 2.30. The van der Waals surface area contributed by atoms with Crippen molar-refractivity contribution in [3.8, 4) is 11.1 Å².